The molecule has 0 bridgehead atoms. The van der Waals surface area contributed by atoms with Gasteiger partial charge >= 0.3 is 0 Å². The molecule has 0 saturated heterocycles. The third-order valence-corrected chi connectivity index (χ3v) is 5.96. The van der Waals surface area contributed by atoms with Gasteiger partial charge in [0, 0.05) is 24.7 Å². The minimum Gasteiger partial charge on any atom is -0.496 e. The Morgan fingerprint density at radius 3 is 2.68 bits per heavy atom. The predicted molar refractivity (Wildman–Crippen MR) is 107 cm³/mol. The van der Waals surface area contributed by atoms with Crippen LogP contribution in [0.5, 0.6) is 5.75 Å². The van der Waals surface area contributed by atoms with Gasteiger partial charge in [-0.05, 0) is 32.0 Å². The normalized spacial score (nSPS) is 16.9. The van der Waals surface area contributed by atoms with E-state index in [1.165, 1.54) is 6.07 Å². The van der Waals surface area contributed by atoms with Gasteiger partial charge in [-0.2, -0.15) is 0 Å². The Labute approximate surface area is 165 Å². The van der Waals surface area contributed by atoms with Crippen LogP contribution in [-0.2, 0) is 21.4 Å². The van der Waals surface area contributed by atoms with Crippen molar-refractivity contribution in [2.45, 2.75) is 31.3 Å². The number of hydrogen-bond acceptors (Lipinski definition) is 5. The van der Waals surface area contributed by atoms with Gasteiger partial charge < -0.3 is 9.64 Å². The van der Waals surface area contributed by atoms with E-state index < -0.39 is 16.1 Å². The molecule has 0 aromatic heterocycles. The van der Waals surface area contributed by atoms with Crippen molar-refractivity contribution >= 4 is 21.8 Å². The molecule has 0 saturated carbocycles. The highest BCUT2D eigenvalue weighted by Gasteiger charge is 2.31. The van der Waals surface area contributed by atoms with Crippen LogP contribution in [0.4, 0.5) is 0 Å². The van der Waals surface area contributed by atoms with E-state index in [-0.39, 0.29) is 16.6 Å². The molecule has 0 aliphatic carbocycles. The number of rotatable bonds is 5. The fourth-order valence-electron chi connectivity index (χ4n) is 3.16. The molecule has 2 aromatic rings. The SMILES string of the molecule is COc1ccc(C)cc1CN(C)C(=O)C(C)N=C1NS(=O)(=O)c2ccccc21. The summed E-state index contributed by atoms with van der Waals surface area (Å²) in [4.78, 5) is 18.9. The molecule has 1 atom stereocenters. The molecule has 1 heterocycles. The Balaban J connectivity index is 1.80. The largest absolute Gasteiger partial charge is 0.496 e. The lowest BCUT2D eigenvalue weighted by Crippen LogP contribution is -2.35. The molecule has 0 fully saturated rings. The maximum absolute atomic E-state index is 12.8. The summed E-state index contributed by atoms with van der Waals surface area (Å²) >= 11 is 0. The molecule has 1 aliphatic rings. The van der Waals surface area contributed by atoms with Gasteiger partial charge in [-0.15, -0.1) is 0 Å². The summed E-state index contributed by atoms with van der Waals surface area (Å²) < 4.78 is 32.2. The Kier molecular flexibility index (Phi) is 5.42. The number of aliphatic imine (C=N–C) groups is 1. The maximum Gasteiger partial charge on any atom is 0.263 e. The first-order valence-electron chi connectivity index (χ1n) is 8.81. The topological polar surface area (TPSA) is 88.1 Å². The van der Waals surface area contributed by atoms with Gasteiger partial charge in [0.05, 0.1) is 12.0 Å². The number of ether oxygens (including phenoxy) is 1. The fourth-order valence-corrected chi connectivity index (χ4v) is 4.40. The van der Waals surface area contributed by atoms with E-state index in [2.05, 4.69) is 9.71 Å². The molecule has 0 radical (unpaired) electrons. The molecule has 148 valence electrons. The minimum atomic E-state index is -3.63. The zero-order valence-corrected chi connectivity index (χ0v) is 17.1. The van der Waals surface area contributed by atoms with Gasteiger partial charge in [0.25, 0.3) is 10.0 Å². The Bertz CT molecular complexity index is 1050. The zero-order chi connectivity index (χ0) is 20.5. The molecular weight excluding hydrogens is 378 g/mol. The third-order valence-electron chi connectivity index (χ3n) is 4.56. The van der Waals surface area contributed by atoms with Gasteiger partial charge in [0.1, 0.15) is 17.6 Å². The molecule has 1 N–H and O–H groups in total. The van der Waals surface area contributed by atoms with Crippen molar-refractivity contribution in [1.82, 2.24) is 9.62 Å². The van der Waals surface area contributed by atoms with E-state index in [1.54, 1.807) is 44.2 Å². The van der Waals surface area contributed by atoms with Crippen LogP contribution in [0.15, 0.2) is 52.4 Å². The zero-order valence-electron chi connectivity index (χ0n) is 16.3. The second kappa shape index (κ2) is 7.63. The Morgan fingerprint density at radius 1 is 1.25 bits per heavy atom. The summed E-state index contributed by atoms with van der Waals surface area (Å²) in [5.74, 6) is 0.680. The first kappa shape index (κ1) is 19.9. The molecule has 28 heavy (non-hydrogen) atoms. The van der Waals surface area contributed by atoms with E-state index in [0.29, 0.717) is 17.9 Å². The molecule has 1 amide bonds. The number of benzene rings is 2. The predicted octanol–water partition coefficient (Wildman–Crippen LogP) is 2.09. The van der Waals surface area contributed by atoms with Gasteiger partial charge in [0.2, 0.25) is 5.91 Å². The lowest BCUT2D eigenvalue weighted by molar-refractivity contribution is -0.131. The number of nitrogens with one attached hydrogen (secondary N) is 1. The second-order valence-electron chi connectivity index (χ2n) is 6.76. The van der Waals surface area contributed by atoms with Crippen LogP contribution < -0.4 is 9.46 Å². The molecule has 3 rings (SSSR count). The summed E-state index contributed by atoms with van der Waals surface area (Å²) in [5.41, 5.74) is 2.44. The van der Waals surface area contributed by atoms with Crippen molar-refractivity contribution in [2.24, 2.45) is 4.99 Å². The van der Waals surface area contributed by atoms with Crippen molar-refractivity contribution in [3.8, 4) is 5.75 Å². The molecule has 1 aliphatic heterocycles. The lowest BCUT2D eigenvalue weighted by atomic mass is 10.1. The van der Waals surface area contributed by atoms with Crippen molar-refractivity contribution in [3.63, 3.8) is 0 Å². The minimum absolute atomic E-state index is 0.172. The number of sulfonamides is 1. The van der Waals surface area contributed by atoms with E-state index in [9.17, 15) is 13.2 Å². The molecule has 1 unspecified atom stereocenters. The van der Waals surface area contributed by atoms with Crippen LogP contribution in [0.25, 0.3) is 0 Å². The quantitative estimate of drug-likeness (QED) is 0.831. The van der Waals surface area contributed by atoms with Crippen LogP contribution >= 0.6 is 0 Å². The number of methoxy groups -OCH3 is 1. The number of hydrogen-bond donors (Lipinski definition) is 1. The number of aryl methyl sites for hydroxylation is 1. The standard InChI is InChI=1S/C20H23N3O4S/c1-13-9-10-17(27-4)15(11-13)12-23(3)20(24)14(2)21-19-16-7-5-6-8-18(16)28(25,26)22-19/h5-11,14H,12H2,1-4H3,(H,21,22). The molecule has 7 nitrogen and oxygen atoms in total. The number of carbonyl (C=O) groups excluding carboxylic acids is 1. The van der Waals surface area contributed by atoms with E-state index in [1.807, 2.05) is 25.1 Å². The van der Waals surface area contributed by atoms with Crippen LogP contribution in [0.2, 0.25) is 0 Å². The fraction of sp³-hybridized carbons (Fsp3) is 0.300. The summed E-state index contributed by atoms with van der Waals surface area (Å²) in [6, 6.07) is 11.6. The van der Waals surface area contributed by atoms with Crippen molar-refractivity contribution in [2.75, 3.05) is 14.2 Å². The van der Waals surface area contributed by atoms with E-state index in [4.69, 9.17) is 4.74 Å². The average molecular weight is 401 g/mol. The molecule has 8 heteroatoms. The highest BCUT2D eigenvalue weighted by molar-refractivity contribution is 7.90. The molecule has 2 aromatic carbocycles. The van der Waals surface area contributed by atoms with E-state index in [0.717, 1.165) is 11.1 Å². The van der Waals surface area contributed by atoms with Gasteiger partial charge in [-0.3, -0.25) is 14.5 Å². The van der Waals surface area contributed by atoms with Crippen molar-refractivity contribution in [1.29, 1.82) is 0 Å². The second-order valence-corrected chi connectivity index (χ2v) is 8.42. The molecule has 0 spiro atoms. The highest BCUT2D eigenvalue weighted by atomic mass is 32.2. The van der Waals surface area contributed by atoms with Crippen LogP contribution in [0, 0.1) is 6.92 Å². The van der Waals surface area contributed by atoms with E-state index >= 15 is 0 Å². The number of fused-ring (bicyclic) bond motifs is 1. The van der Waals surface area contributed by atoms with Gasteiger partial charge in [-0.25, -0.2) is 8.42 Å². The number of likely N-dealkylation sites (N-methyl/N-ethyl adjacent to an activating group) is 1. The van der Waals surface area contributed by atoms with Gasteiger partial charge in [-0.1, -0.05) is 29.8 Å². The summed E-state index contributed by atoms with van der Waals surface area (Å²) in [6.45, 7) is 3.98. The lowest BCUT2D eigenvalue weighted by Gasteiger charge is -2.21. The first-order chi connectivity index (χ1) is 13.2. The van der Waals surface area contributed by atoms with Crippen molar-refractivity contribution < 1.29 is 17.9 Å². The van der Waals surface area contributed by atoms with Crippen molar-refractivity contribution in [3.05, 3.63) is 59.2 Å². The van der Waals surface area contributed by atoms with Crippen LogP contribution in [0.3, 0.4) is 0 Å². The number of carbonyl (C=O) groups is 1. The van der Waals surface area contributed by atoms with Crippen LogP contribution in [0.1, 0.15) is 23.6 Å². The number of amides is 1. The monoisotopic (exact) mass is 401 g/mol. The number of amidine groups is 1. The molecular formula is C20H23N3O4S. The Hall–Kier alpha value is -2.87. The van der Waals surface area contributed by atoms with Crippen LogP contribution in [-0.4, -0.2) is 45.3 Å². The smallest absolute Gasteiger partial charge is 0.263 e. The summed E-state index contributed by atoms with van der Waals surface area (Å²) in [7, 11) is -0.351. The average Bonchev–Trinajstić information content (AvgIpc) is 2.91. The number of nitrogens with zero attached hydrogens (tertiary/aromatic N) is 2. The summed E-state index contributed by atoms with van der Waals surface area (Å²) in [5, 5.41) is 0. The van der Waals surface area contributed by atoms with Gasteiger partial charge in [0.15, 0.2) is 0 Å². The first-order valence-corrected chi connectivity index (χ1v) is 10.3. The Morgan fingerprint density at radius 2 is 1.96 bits per heavy atom. The third kappa shape index (κ3) is 3.87. The highest BCUT2D eigenvalue weighted by Crippen LogP contribution is 2.24. The maximum atomic E-state index is 12.8. The summed E-state index contributed by atoms with van der Waals surface area (Å²) in [6.07, 6.45) is 0.